The number of amides is 6. The van der Waals surface area contributed by atoms with Crippen LogP contribution < -0.4 is 26.6 Å². The molecular formula is C43H54FN9O7. The lowest BCUT2D eigenvalue weighted by atomic mass is 9.88. The number of likely N-dealkylation sites (tertiary alicyclic amines) is 1. The minimum Gasteiger partial charge on any atom is -0.388 e. The van der Waals surface area contributed by atoms with Gasteiger partial charge in [-0.25, -0.2) is 4.39 Å². The number of aliphatic hydroxyl groups excluding tert-OH is 1. The largest absolute Gasteiger partial charge is 0.388 e. The van der Waals surface area contributed by atoms with E-state index in [1.165, 1.54) is 18.2 Å². The summed E-state index contributed by atoms with van der Waals surface area (Å²) in [5.41, 5.74) is 4.54. The molecule has 0 spiro atoms. The SMILES string of the molecule is Cc1[nH]c(/C=C2\C(=O)Nc3ccc(F)cc32)c(C)c1C(=O)NCCN1CCN(CC(=O)NCCCCCCNC2=CC=CC3C(=O)N(C4CCC(O)NC4=O)C(=O)C23)CC1. The van der Waals surface area contributed by atoms with Crippen molar-refractivity contribution in [1.29, 1.82) is 0 Å². The highest BCUT2D eigenvalue weighted by Gasteiger charge is 2.53. The van der Waals surface area contributed by atoms with E-state index < -0.39 is 35.8 Å². The number of hydrogen-bond acceptors (Lipinski definition) is 10. The number of imide groups is 1. The lowest BCUT2D eigenvalue weighted by Crippen LogP contribution is -2.56. The first-order chi connectivity index (χ1) is 28.9. The number of aryl methyl sites for hydroxylation is 1. The first kappa shape index (κ1) is 42.5. The van der Waals surface area contributed by atoms with Gasteiger partial charge < -0.3 is 36.7 Å². The molecular weight excluding hydrogens is 774 g/mol. The number of nitrogens with one attached hydrogen (secondary N) is 6. The fraction of sp³-hybridized carbons (Fsp3) is 0.488. The van der Waals surface area contributed by atoms with Crippen LogP contribution in [0.25, 0.3) is 11.6 Å². The Balaban J connectivity index is 0.743. The number of H-pyrrole nitrogens is 1. The maximum absolute atomic E-state index is 13.9. The molecule has 4 aliphatic heterocycles. The standard InChI is InChI=1S/C43H54FN9O7/c1-25-33(23-30-29-22-27(44)10-11-31(29)49-39(30)56)48-26(2)37(25)41(58)47-16-17-51-18-20-52(21-19-51)24-36(55)46-15-6-4-3-5-14-45-32-9-7-8-28-38(32)43(60)53(42(28)59)34-12-13-35(54)50-40(34)57/h7-11,22-23,28,34-35,38,45,48,54H,3-6,12-21,24H2,1-2H3,(H,46,55)(H,47,58)(H,49,56)(H,50,57)/b30-23-. The van der Waals surface area contributed by atoms with Crippen molar-refractivity contribution < 1.29 is 38.3 Å². The number of piperidine rings is 1. The molecule has 0 saturated carbocycles. The number of fused-ring (bicyclic) bond motifs is 2. The van der Waals surface area contributed by atoms with Crippen molar-refractivity contribution in [3.8, 4) is 0 Å². The van der Waals surface area contributed by atoms with E-state index >= 15 is 0 Å². The second-order valence-corrected chi connectivity index (χ2v) is 16.1. The summed E-state index contributed by atoms with van der Waals surface area (Å²) in [7, 11) is 0. The summed E-state index contributed by atoms with van der Waals surface area (Å²) in [5, 5.41) is 24.3. The summed E-state index contributed by atoms with van der Waals surface area (Å²) in [4.78, 5) is 86.1. The molecule has 60 heavy (non-hydrogen) atoms. The highest BCUT2D eigenvalue weighted by Crippen LogP contribution is 2.37. The number of piperazine rings is 1. The molecule has 1 aromatic heterocycles. The Morgan fingerprint density at radius 1 is 0.933 bits per heavy atom. The van der Waals surface area contributed by atoms with E-state index in [0.29, 0.717) is 77.8 Å². The molecule has 0 bridgehead atoms. The zero-order valence-electron chi connectivity index (χ0n) is 34.1. The predicted molar refractivity (Wildman–Crippen MR) is 221 cm³/mol. The molecule has 3 saturated heterocycles. The van der Waals surface area contributed by atoms with Crippen molar-refractivity contribution in [2.75, 3.05) is 64.2 Å². The quantitative estimate of drug-likeness (QED) is 0.0738. The second-order valence-electron chi connectivity index (χ2n) is 16.1. The first-order valence-corrected chi connectivity index (χ1v) is 20.9. The van der Waals surface area contributed by atoms with Crippen LogP contribution in [0.5, 0.6) is 0 Å². The average Bonchev–Trinajstić information content (AvgIpc) is 3.78. The van der Waals surface area contributed by atoms with Crippen molar-refractivity contribution in [2.45, 2.75) is 64.6 Å². The Hall–Kier alpha value is -5.65. The van der Waals surface area contributed by atoms with Crippen LogP contribution in [0.4, 0.5) is 10.1 Å². The Morgan fingerprint density at radius 2 is 1.68 bits per heavy atom. The van der Waals surface area contributed by atoms with Crippen LogP contribution in [0.2, 0.25) is 0 Å². The van der Waals surface area contributed by atoms with Crippen LogP contribution >= 0.6 is 0 Å². The molecule has 3 fully saturated rings. The summed E-state index contributed by atoms with van der Waals surface area (Å²) < 4.78 is 13.9. The highest BCUT2D eigenvalue weighted by molar-refractivity contribution is 6.35. The molecule has 6 amide bonds. The van der Waals surface area contributed by atoms with E-state index in [1.807, 2.05) is 19.9 Å². The minimum atomic E-state index is -0.966. The van der Waals surface area contributed by atoms with Gasteiger partial charge in [0.05, 0.1) is 29.5 Å². The van der Waals surface area contributed by atoms with Crippen LogP contribution in [-0.2, 0) is 24.0 Å². The van der Waals surface area contributed by atoms with Crippen molar-refractivity contribution in [3.05, 3.63) is 76.0 Å². The fourth-order valence-corrected chi connectivity index (χ4v) is 8.74. The molecule has 16 nitrogen and oxygen atoms in total. The number of aliphatic hydroxyl groups is 1. The molecule has 4 atom stereocenters. The number of rotatable bonds is 16. The van der Waals surface area contributed by atoms with Gasteiger partial charge in [-0.15, -0.1) is 0 Å². The van der Waals surface area contributed by atoms with Gasteiger partial charge in [0.1, 0.15) is 18.1 Å². The third-order valence-corrected chi connectivity index (χ3v) is 12.0. The number of carbonyl (C=O) groups is 6. The summed E-state index contributed by atoms with van der Waals surface area (Å²) in [6, 6.07) is 3.24. The molecule has 4 unspecified atom stereocenters. The maximum atomic E-state index is 13.9. The third kappa shape index (κ3) is 9.37. The smallest absolute Gasteiger partial charge is 0.256 e. The lowest BCUT2D eigenvalue weighted by molar-refractivity contribution is -0.151. The number of halogens is 1. The zero-order valence-corrected chi connectivity index (χ0v) is 34.1. The topological polar surface area (TPSA) is 208 Å². The molecule has 5 aliphatic rings. The van der Waals surface area contributed by atoms with Gasteiger partial charge in [0.25, 0.3) is 11.8 Å². The molecule has 7 N–H and O–H groups in total. The average molecular weight is 828 g/mol. The molecule has 2 aromatic rings. The molecule has 1 aromatic carbocycles. The van der Waals surface area contributed by atoms with Gasteiger partial charge >= 0.3 is 0 Å². The number of allylic oxidation sites excluding steroid dienone is 2. The van der Waals surface area contributed by atoms with Gasteiger partial charge in [-0.3, -0.25) is 43.5 Å². The molecule has 320 valence electrons. The van der Waals surface area contributed by atoms with E-state index in [0.717, 1.165) is 56.8 Å². The van der Waals surface area contributed by atoms with Crippen molar-refractivity contribution >= 4 is 52.8 Å². The predicted octanol–water partition coefficient (Wildman–Crippen LogP) is 1.53. The van der Waals surface area contributed by atoms with Crippen LogP contribution in [0, 0.1) is 31.5 Å². The minimum absolute atomic E-state index is 0.00637. The number of carbonyl (C=O) groups excluding carboxylic acids is 6. The van der Waals surface area contributed by atoms with E-state index in [4.69, 9.17) is 0 Å². The third-order valence-electron chi connectivity index (χ3n) is 12.0. The van der Waals surface area contributed by atoms with E-state index in [9.17, 15) is 38.3 Å². The van der Waals surface area contributed by atoms with Crippen molar-refractivity contribution in [2.24, 2.45) is 11.8 Å². The number of unbranched alkanes of at least 4 members (excludes halogenated alkanes) is 3. The summed E-state index contributed by atoms with van der Waals surface area (Å²) in [6.45, 7) is 9.34. The molecule has 0 radical (unpaired) electrons. The Kier molecular flexibility index (Phi) is 13.3. The normalized spacial score (nSPS) is 23.6. The van der Waals surface area contributed by atoms with E-state index in [1.54, 1.807) is 18.2 Å². The highest BCUT2D eigenvalue weighted by atomic mass is 19.1. The number of nitrogens with zero attached hydrogens (tertiary/aromatic N) is 3. The monoisotopic (exact) mass is 827 g/mol. The van der Waals surface area contributed by atoms with Crippen molar-refractivity contribution in [3.63, 3.8) is 0 Å². The summed E-state index contributed by atoms with van der Waals surface area (Å²) >= 11 is 0. The van der Waals surface area contributed by atoms with Crippen molar-refractivity contribution in [1.82, 2.24) is 41.0 Å². The zero-order chi connectivity index (χ0) is 42.5. The summed E-state index contributed by atoms with van der Waals surface area (Å²) in [5.74, 6) is -3.59. The number of hydrogen-bond donors (Lipinski definition) is 7. The van der Waals surface area contributed by atoms with Gasteiger partial charge in [-0.2, -0.15) is 0 Å². The Morgan fingerprint density at radius 3 is 2.45 bits per heavy atom. The lowest BCUT2D eigenvalue weighted by Gasteiger charge is -2.34. The molecule has 5 heterocycles. The van der Waals surface area contributed by atoms with Gasteiger partial charge in [0, 0.05) is 80.7 Å². The molecule has 7 rings (SSSR count). The molecule has 17 heteroatoms. The number of benzene rings is 1. The summed E-state index contributed by atoms with van der Waals surface area (Å²) in [6.07, 6.45) is 10.0. The van der Waals surface area contributed by atoms with E-state index in [-0.39, 0.29) is 42.4 Å². The molecule has 1 aliphatic carbocycles. The van der Waals surface area contributed by atoms with Gasteiger partial charge in [-0.05, 0) is 75.4 Å². The Labute approximate surface area is 348 Å². The first-order valence-electron chi connectivity index (χ1n) is 20.9. The maximum Gasteiger partial charge on any atom is 0.256 e. The van der Waals surface area contributed by atoms with Crippen LogP contribution in [-0.4, -0.2) is 131 Å². The van der Waals surface area contributed by atoms with Crippen LogP contribution in [0.1, 0.15) is 71.4 Å². The van der Waals surface area contributed by atoms with Crippen LogP contribution in [0.15, 0.2) is 42.1 Å². The second kappa shape index (κ2) is 18.7. The van der Waals surface area contributed by atoms with Crippen LogP contribution in [0.3, 0.4) is 0 Å². The van der Waals surface area contributed by atoms with E-state index in [2.05, 4.69) is 41.4 Å². The van der Waals surface area contributed by atoms with Gasteiger partial charge in [0.2, 0.25) is 23.6 Å². The fourth-order valence-electron chi connectivity index (χ4n) is 8.74. The number of anilines is 1. The Bertz CT molecular complexity index is 2120. The van der Waals surface area contributed by atoms with Gasteiger partial charge in [0.15, 0.2) is 0 Å². The number of aromatic nitrogens is 1. The number of aromatic amines is 1. The van der Waals surface area contributed by atoms with Gasteiger partial charge in [-0.1, -0.05) is 25.0 Å².